The van der Waals surface area contributed by atoms with E-state index in [1.165, 1.54) is 0 Å². The lowest BCUT2D eigenvalue weighted by molar-refractivity contribution is -0.136. The monoisotopic (exact) mass is 326 g/mol. The number of methoxy groups -OCH3 is 2. The quantitative estimate of drug-likeness (QED) is 0.780. The first kappa shape index (κ1) is 15.9. The molecule has 0 aliphatic rings. The Morgan fingerprint density at radius 3 is 2.62 bits per heavy atom. The minimum atomic E-state index is -0.885. The number of carbonyl (C=O) groups is 1. The summed E-state index contributed by atoms with van der Waals surface area (Å²) in [5.74, 6) is 0.530. The SMILES string of the molecule is COc1ccc(OC)c(-c2cccc3c(CC(=O)O)n(C)nc23)c1. The summed E-state index contributed by atoms with van der Waals surface area (Å²) in [5.41, 5.74) is 3.13. The Balaban J connectivity index is 2.26. The van der Waals surface area contributed by atoms with Gasteiger partial charge in [0.2, 0.25) is 0 Å². The van der Waals surface area contributed by atoms with Gasteiger partial charge in [-0.3, -0.25) is 9.48 Å². The Morgan fingerprint density at radius 1 is 1.17 bits per heavy atom. The number of aromatic nitrogens is 2. The number of nitrogens with zero attached hydrogens (tertiary/aromatic N) is 2. The zero-order chi connectivity index (χ0) is 17.3. The second-order valence-corrected chi connectivity index (χ2v) is 5.41. The molecule has 0 amide bonds. The number of fused-ring (bicyclic) bond motifs is 1. The first-order valence-corrected chi connectivity index (χ1v) is 7.44. The molecule has 0 aliphatic carbocycles. The van der Waals surface area contributed by atoms with Gasteiger partial charge in [-0.1, -0.05) is 18.2 Å². The van der Waals surface area contributed by atoms with Crippen molar-refractivity contribution in [2.45, 2.75) is 6.42 Å². The van der Waals surface area contributed by atoms with Gasteiger partial charge >= 0.3 is 5.97 Å². The zero-order valence-corrected chi connectivity index (χ0v) is 13.7. The van der Waals surface area contributed by atoms with E-state index in [0.29, 0.717) is 17.2 Å². The Kier molecular flexibility index (Phi) is 4.12. The van der Waals surface area contributed by atoms with Crippen molar-refractivity contribution >= 4 is 16.9 Å². The summed E-state index contributed by atoms with van der Waals surface area (Å²) in [7, 11) is 4.97. The van der Waals surface area contributed by atoms with Crippen LogP contribution in [0.2, 0.25) is 0 Å². The number of hydrogen-bond donors (Lipinski definition) is 1. The van der Waals surface area contributed by atoms with Crippen molar-refractivity contribution in [2.24, 2.45) is 7.05 Å². The summed E-state index contributed by atoms with van der Waals surface area (Å²) in [6, 6.07) is 11.3. The van der Waals surface area contributed by atoms with Crippen LogP contribution in [-0.4, -0.2) is 35.1 Å². The number of aliphatic carboxylic acids is 1. The molecule has 0 bridgehead atoms. The van der Waals surface area contributed by atoms with Crippen LogP contribution in [0.15, 0.2) is 36.4 Å². The molecule has 1 N–H and O–H groups in total. The van der Waals surface area contributed by atoms with E-state index in [2.05, 4.69) is 5.10 Å². The largest absolute Gasteiger partial charge is 0.497 e. The lowest BCUT2D eigenvalue weighted by Crippen LogP contribution is -2.06. The molecular formula is C18H18N2O4. The van der Waals surface area contributed by atoms with Gasteiger partial charge in [0.15, 0.2) is 0 Å². The molecule has 0 atom stereocenters. The molecule has 0 radical (unpaired) electrons. The van der Waals surface area contributed by atoms with Crippen LogP contribution in [0.1, 0.15) is 5.69 Å². The van der Waals surface area contributed by atoms with Gasteiger partial charge in [-0.05, 0) is 18.2 Å². The molecule has 124 valence electrons. The van der Waals surface area contributed by atoms with E-state index >= 15 is 0 Å². The molecule has 0 unspecified atom stereocenters. The lowest BCUT2D eigenvalue weighted by atomic mass is 10.0. The fraction of sp³-hybridized carbons (Fsp3) is 0.222. The Bertz CT molecular complexity index is 915. The highest BCUT2D eigenvalue weighted by molar-refractivity contribution is 5.97. The average Bonchev–Trinajstić information content (AvgIpc) is 2.89. The molecule has 0 fully saturated rings. The number of hydrogen-bond acceptors (Lipinski definition) is 4. The van der Waals surface area contributed by atoms with Gasteiger partial charge in [0, 0.05) is 23.6 Å². The van der Waals surface area contributed by atoms with Crippen molar-refractivity contribution in [3.05, 3.63) is 42.1 Å². The van der Waals surface area contributed by atoms with Crippen molar-refractivity contribution in [2.75, 3.05) is 14.2 Å². The lowest BCUT2D eigenvalue weighted by Gasteiger charge is -2.11. The van der Waals surface area contributed by atoms with Gasteiger partial charge < -0.3 is 14.6 Å². The third kappa shape index (κ3) is 2.67. The smallest absolute Gasteiger partial charge is 0.309 e. The van der Waals surface area contributed by atoms with Crippen molar-refractivity contribution in [1.29, 1.82) is 0 Å². The van der Waals surface area contributed by atoms with Crippen LogP contribution in [0.25, 0.3) is 22.0 Å². The minimum absolute atomic E-state index is 0.0777. The standard InChI is InChI=1S/C18H18N2O4/c1-20-15(10-17(21)22)13-6-4-5-12(18(13)19-20)14-9-11(23-2)7-8-16(14)24-3/h4-9H,10H2,1-3H3,(H,21,22). The first-order chi connectivity index (χ1) is 11.5. The Morgan fingerprint density at radius 2 is 1.96 bits per heavy atom. The van der Waals surface area contributed by atoms with Crippen molar-refractivity contribution in [3.8, 4) is 22.6 Å². The molecule has 1 heterocycles. The highest BCUT2D eigenvalue weighted by atomic mass is 16.5. The van der Waals surface area contributed by atoms with Crippen LogP contribution in [0, 0.1) is 0 Å². The van der Waals surface area contributed by atoms with E-state index < -0.39 is 5.97 Å². The van der Waals surface area contributed by atoms with Gasteiger partial charge in [0.05, 0.1) is 26.3 Å². The summed E-state index contributed by atoms with van der Waals surface area (Å²) in [4.78, 5) is 11.1. The van der Waals surface area contributed by atoms with Crippen LogP contribution < -0.4 is 9.47 Å². The second-order valence-electron chi connectivity index (χ2n) is 5.41. The van der Waals surface area contributed by atoms with E-state index in [4.69, 9.17) is 14.6 Å². The summed E-state index contributed by atoms with van der Waals surface area (Å²) in [6.45, 7) is 0. The molecule has 2 aromatic carbocycles. The van der Waals surface area contributed by atoms with Crippen LogP contribution in [-0.2, 0) is 18.3 Å². The summed E-state index contributed by atoms with van der Waals surface area (Å²) >= 11 is 0. The van der Waals surface area contributed by atoms with Crippen LogP contribution in [0.5, 0.6) is 11.5 Å². The molecule has 3 aromatic rings. The molecule has 3 rings (SSSR count). The van der Waals surface area contributed by atoms with E-state index in [1.54, 1.807) is 25.9 Å². The summed E-state index contributed by atoms with van der Waals surface area (Å²) in [5, 5.41) is 14.5. The fourth-order valence-electron chi connectivity index (χ4n) is 2.86. The molecule has 0 saturated heterocycles. The second kappa shape index (κ2) is 6.23. The zero-order valence-electron chi connectivity index (χ0n) is 13.7. The van der Waals surface area contributed by atoms with Crippen LogP contribution in [0.4, 0.5) is 0 Å². The number of benzene rings is 2. The number of ether oxygens (including phenoxy) is 2. The Hall–Kier alpha value is -3.02. The topological polar surface area (TPSA) is 73.6 Å². The van der Waals surface area contributed by atoms with Crippen LogP contribution in [0.3, 0.4) is 0 Å². The van der Waals surface area contributed by atoms with Gasteiger partial charge in [-0.25, -0.2) is 0 Å². The predicted molar refractivity (Wildman–Crippen MR) is 90.6 cm³/mol. The maximum absolute atomic E-state index is 11.1. The van der Waals surface area contributed by atoms with Gasteiger partial charge in [0.25, 0.3) is 0 Å². The van der Waals surface area contributed by atoms with Gasteiger partial charge in [0.1, 0.15) is 17.0 Å². The van der Waals surface area contributed by atoms with E-state index in [9.17, 15) is 4.79 Å². The highest BCUT2D eigenvalue weighted by Crippen LogP contribution is 2.37. The molecule has 6 heteroatoms. The van der Waals surface area contributed by atoms with E-state index in [-0.39, 0.29) is 6.42 Å². The maximum Gasteiger partial charge on any atom is 0.309 e. The molecule has 0 spiro atoms. The molecule has 1 aromatic heterocycles. The predicted octanol–water partition coefficient (Wildman–Crippen LogP) is 2.88. The van der Waals surface area contributed by atoms with Gasteiger partial charge in [-0.15, -0.1) is 0 Å². The molecule has 24 heavy (non-hydrogen) atoms. The number of carboxylic acid groups (broad SMARTS) is 1. The normalized spacial score (nSPS) is 10.8. The number of aryl methyl sites for hydroxylation is 1. The van der Waals surface area contributed by atoms with Crippen molar-refractivity contribution < 1.29 is 19.4 Å². The summed E-state index contributed by atoms with van der Waals surface area (Å²) < 4.78 is 12.4. The van der Waals surface area contributed by atoms with Gasteiger partial charge in [-0.2, -0.15) is 5.10 Å². The van der Waals surface area contributed by atoms with E-state index in [0.717, 1.165) is 22.0 Å². The number of rotatable bonds is 5. The number of carboxylic acids is 1. The fourth-order valence-corrected chi connectivity index (χ4v) is 2.86. The summed E-state index contributed by atoms with van der Waals surface area (Å²) in [6.07, 6.45) is -0.0777. The third-order valence-electron chi connectivity index (χ3n) is 4.00. The molecule has 6 nitrogen and oxygen atoms in total. The van der Waals surface area contributed by atoms with E-state index in [1.807, 2.05) is 36.4 Å². The van der Waals surface area contributed by atoms with Crippen LogP contribution >= 0.6 is 0 Å². The maximum atomic E-state index is 11.1. The average molecular weight is 326 g/mol. The third-order valence-corrected chi connectivity index (χ3v) is 4.00. The van der Waals surface area contributed by atoms with Crippen molar-refractivity contribution in [1.82, 2.24) is 9.78 Å². The molecule has 0 aliphatic heterocycles. The first-order valence-electron chi connectivity index (χ1n) is 7.44. The van der Waals surface area contributed by atoms with Crippen molar-refractivity contribution in [3.63, 3.8) is 0 Å². The Labute approximate surface area is 139 Å². The molecule has 0 saturated carbocycles. The highest BCUT2D eigenvalue weighted by Gasteiger charge is 2.17. The molecular weight excluding hydrogens is 308 g/mol. The minimum Gasteiger partial charge on any atom is -0.497 e.